The first-order chi connectivity index (χ1) is 19.4. The van der Waals surface area contributed by atoms with E-state index in [0.29, 0.717) is 11.3 Å². The van der Waals surface area contributed by atoms with Crippen LogP contribution < -0.4 is 10.2 Å². The first-order valence-corrected chi connectivity index (χ1v) is 12.8. The molecule has 11 heteroatoms. The van der Waals surface area contributed by atoms with Crippen LogP contribution in [-0.2, 0) is 41.5 Å². The number of nitrogens with zero attached hydrogens (tertiary/aromatic N) is 2. The Morgan fingerprint density at radius 3 is 2.17 bits per heavy atom. The summed E-state index contributed by atoms with van der Waals surface area (Å²) in [4.78, 5) is 54.0. The summed E-state index contributed by atoms with van der Waals surface area (Å²) in [5.74, 6) is -1.62. The minimum Gasteiger partial charge on any atom is -0.467 e. The molecule has 1 heterocycles. The van der Waals surface area contributed by atoms with Gasteiger partial charge in [0.2, 0.25) is 5.60 Å². The molecule has 11 nitrogen and oxygen atoms in total. The molecule has 0 bridgehead atoms. The number of rotatable bonds is 8. The normalized spacial score (nSPS) is 17.8. The van der Waals surface area contributed by atoms with Gasteiger partial charge in [0.05, 0.1) is 18.6 Å². The molecule has 0 unspecified atom stereocenters. The smallest absolute Gasteiger partial charge is 0.408 e. The maximum Gasteiger partial charge on any atom is 0.408 e. The van der Waals surface area contributed by atoms with Gasteiger partial charge in [-0.15, -0.1) is 0 Å². The second-order valence-corrected chi connectivity index (χ2v) is 10.5. The number of non-ortho nitro benzene ring substituents is 1. The van der Waals surface area contributed by atoms with E-state index < -0.39 is 39.6 Å². The van der Waals surface area contributed by atoms with Crippen LogP contribution in [0.2, 0.25) is 0 Å². The molecule has 1 aliphatic rings. The molecule has 0 fully saturated rings. The molecule has 2 atom stereocenters. The van der Waals surface area contributed by atoms with E-state index in [4.69, 9.17) is 14.2 Å². The molecule has 4 rings (SSSR count). The summed E-state index contributed by atoms with van der Waals surface area (Å²) in [7, 11) is 2.69. The summed E-state index contributed by atoms with van der Waals surface area (Å²) in [5.41, 5.74) is -4.09. The van der Waals surface area contributed by atoms with Gasteiger partial charge in [-0.25, -0.2) is 9.59 Å². The van der Waals surface area contributed by atoms with Gasteiger partial charge in [0.25, 0.3) is 11.6 Å². The molecule has 214 valence electrons. The Bertz CT molecular complexity index is 1470. The van der Waals surface area contributed by atoms with Crippen molar-refractivity contribution in [1.29, 1.82) is 0 Å². The number of carbonyl (C=O) groups is 3. The predicted octanol–water partition coefficient (Wildman–Crippen LogP) is 4.58. The number of methoxy groups -OCH3 is 1. The van der Waals surface area contributed by atoms with E-state index >= 15 is 0 Å². The molecule has 0 radical (unpaired) electrons. The molecule has 41 heavy (non-hydrogen) atoms. The molecule has 0 spiro atoms. The number of nitro benzene ring substituents is 1. The fraction of sp³-hybridized carbons (Fsp3) is 0.300. The summed E-state index contributed by atoms with van der Waals surface area (Å²) < 4.78 is 17.4. The van der Waals surface area contributed by atoms with Gasteiger partial charge in [0.1, 0.15) is 5.60 Å². The van der Waals surface area contributed by atoms with Crippen LogP contribution in [-0.4, -0.2) is 42.7 Å². The summed E-state index contributed by atoms with van der Waals surface area (Å²) in [5, 5.41) is 13.9. The van der Waals surface area contributed by atoms with E-state index in [2.05, 4.69) is 5.32 Å². The largest absolute Gasteiger partial charge is 0.467 e. The quantitative estimate of drug-likeness (QED) is 0.240. The van der Waals surface area contributed by atoms with E-state index in [0.717, 1.165) is 7.11 Å². The van der Waals surface area contributed by atoms with Crippen molar-refractivity contribution >= 4 is 29.3 Å². The number of hydrogen-bond acceptors (Lipinski definition) is 8. The third-order valence-corrected chi connectivity index (χ3v) is 6.77. The van der Waals surface area contributed by atoms with E-state index in [1.54, 1.807) is 75.4 Å². The Labute approximate surface area is 237 Å². The SMILES string of the molecule is COC(=O)[C@@](OCc1ccc([N+](=O)[O-])cc1)(c1ccccc1)[C@]1(NC(=O)OC(C)(C)C)C(=O)N(C)c2ccccc21. The Kier molecular flexibility index (Phi) is 7.85. The van der Waals surface area contributed by atoms with Gasteiger partial charge in [-0.3, -0.25) is 20.2 Å². The van der Waals surface area contributed by atoms with E-state index in [-0.39, 0.29) is 23.4 Å². The van der Waals surface area contributed by atoms with Crippen LogP contribution in [0.5, 0.6) is 0 Å². The van der Waals surface area contributed by atoms with Gasteiger partial charge in [0, 0.05) is 30.4 Å². The van der Waals surface area contributed by atoms with Gasteiger partial charge in [-0.2, -0.15) is 0 Å². The minimum atomic E-state index is -2.28. The predicted molar refractivity (Wildman–Crippen MR) is 149 cm³/mol. The Morgan fingerprint density at radius 2 is 1.59 bits per heavy atom. The Balaban J connectivity index is 2.01. The van der Waals surface area contributed by atoms with E-state index in [9.17, 15) is 24.5 Å². The number of hydrogen-bond donors (Lipinski definition) is 1. The summed E-state index contributed by atoms with van der Waals surface area (Å²) >= 11 is 0. The number of nitrogens with one attached hydrogen (secondary N) is 1. The number of nitro groups is 1. The minimum absolute atomic E-state index is 0.124. The van der Waals surface area contributed by atoms with Crippen LogP contribution in [0.25, 0.3) is 0 Å². The molecular weight excluding hydrogens is 530 g/mol. The molecule has 0 aliphatic carbocycles. The van der Waals surface area contributed by atoms with Crippen LogP contribution >= 0.6 is 0 Å². The maximum atomic E-state index is 14.4. The monoisotopic (exact) mass is 561 g/mol. The summed E-state index contributed by atoms with van der Waals surface area (Å²) in [6, 6.07) is 20.6. The second kappa shape index (κ2) is 11.0. The lowest BCUT2D eigenvalue weighted by molar-refractivity contribution is -0.384. The van der Waals surface area contributed by atoms with Crippen molar-refractivity contribution in [1.82, 2.24) is 5.32 Å². The number of carbonyl (C=O) groups excluding carboxylic acids is 3. The van der Waals surface area contributed by atoms with Crippen molar-refractivity contribution in [3.05, 3.63) is 106 Å². The fourth-order valence-electron chi connectivity index (χ4n) is 5.03. The van der Waals surface area contributed by atoms with E-state index in [1.807, 2.05) is 0 Å². The molecule has 1 aliphatic heterocycles. The van der Waals surface area contributed by atoms with Crippen molar-refractivity contribution in [3.8, 4) is 0 Å². The van der Waals surface area contributed by atoms with Gasteiger partial charge >= 0.3 is 12.1 Å². The Morgan fingerprint density at radius 1 is 0.976 bits per heavy atom. The highest BCUT2D eigenvalue weighted by atomic mass is 16.6. The molecule has 0 saturated carbocycles. The lowest BCUT2D eigenvalue weighted by atomic mass is 9.70. The molecule has 3 aromatic rings. The molecule has 3 aromatic carbocycles. The zero-order chi connectivity index (χ0) is 30.0. The third-order valence-electron chi connectivity index (χ3n) is 6.77. The molecular formula is C30H31N3O8. The Hall–Kier alpha value is -4.77. The maximum absolute atomic E-state index is 14.4. The first-order valence-electron chi connectivity index (χ1n) is 12.8. The van der Waals surface area contributed by atoms with Crippen molar-refractivity contribution < 1.29 is 33.5 Å². The highest BCUT2D eigenvalue weighted by Crippen LogP contribution is 2.53. The summed E-state index contributed by atoms with van der Waals surface area (Å²) in [6.07, 6.45) is -0.959. The number of fused-ring (bicyclic) bond motifs is 1. The van der Waals surface area contributed by atoms with Crippen LogP contribution in [0.15, 0.2) is 78.9 Å². The highest BCUT2D eigenvalue weighted by Gasteiger charge is 2.70. The lowest BCUT2D eigenvalue weighted by Crippen LogP contribution is -2.69. The van der Waals surface area contributed by atoms with Crippen molar-refractivity contribution in [2.24, 2.45) is 0 Å². The van der Waals surface area contributed by atoms with Crippen LogP contribution in [0.4, 0.5) is 16.2 Å². The average molecular weight is 562 g/mol. The van der Waals surface area contributed by atoms with Gasteiger partial charge in [-0.1, -0.05) is 48.5 Å². The fourth-order valence-corrected chi connectivity index (χ4v) is 5.03. The van der Waals surface area contributed by atoms with Crippen LogP contribution in [0, 0.1) is 10.1 Å². The van der Waals surface area contributed by atoms with Gasteiger partial charge in [-0.05, 0) is 50.1 Å². The zero-order valence-corrected chi connectivity index (χ0v) is 23.4. The first kappa shape index (κ1) is 29.2. The lowest BCUT2D eigenvalue weighted by Gasteiger charge is -2.45. The number of benzene rings is 3. The summed E-state index contributed by atoms with van der Waals surface area (Å²) in [6.45, 7) is 4.74. The topological polar surface area (TPSA) is 137 Å². The third kappa shape index (κ3) is 5.11. The molecule has 1 N–H and O–H groups in total. The van der Waals surface area contributed by atoms with Crippen molar-refractivity contribution in [2.45, 2.75) is 44.1 Å². The number of likely N-dealkylation sites (N-methyl/N-ethyl adjacent to an activating group) is 1. The van der Waals surface area contributed by atoms with Crippen LogP contribution in [0.3, 0.4) is 0 Å². The number of para-hydroxylation sites is 1. The molecule has 0 aromatic heterocycles. The van der Waals surface area contributed by atoms with Gasteiger partial charge < -0.3 is 19.1 Å². The zero-order valence-electron chi connectivity index (χ0n) is 23.4. The highest BCUT2D eigenvalue weighted by molar-refractivity contribution is 6.13. The average Bonchev–Trinajstić information content (AvgIpc) is 3.15. The number of ether oxygens (including phenoxy) is 3. The second-order valence-electron chi connectivity index (χ2n) is 10.5. The van der Waals surface area contributed by atoms with Gasteiger partial charge in [0.15, 0.2) is 5.54 Å². The van der Waals surface area contributed by atoms with Crippen molar-refractivity contribution in [2.75, 3.05) is 19.1 Å². The standard InChI is InChI=1S/C30H31N3O8/c1-28(2,3)41-27(36)31-29(23-13-9-10-14-24(23)32(4)25(29)34)30(26(35)39-5,21-11-7-6-8-12-21)40-19-20-15-17-22(18-16-20)33(37)38/h6-18H,19H2,1-5H3,(H,31,36)/t29-,30+/m1/s1. The van der Waals surface area contributed by atoms with Crippen molar-refractivity contribution in [3.63, 3.8) is 0 Å². The van der Waals surface area contributed by atoms with E-state index in [1.165, 1.54) is 36.2 Å². The number of amides is 2. The van der Waals surface area contributed by atoms with Crippen LogP contribution in [0.1, 0.15) is 37.5 Å². The number of esters is 1. The number of alkyl carbamates (subject to hydrolysis) is 1. The molecule has 0 saturated heterocycles. The number of anilines is 1. The molecule has 2 amide bonds.